The molecule has 0 bridgehead atoms. The van der Waals surface area contributed by atoms with Gasteiger partial charge in [-0.2, -0.15) is 0 Å². The van der Waals surface area contributed by atoms with E-state index in [1.54, 1.807) is 23.0 Å². The highest BCUT2D eigenvalue weighted by molar-refractivity contribution is 7.99. The molecule has 1 N–H and O–H groups in total. The summed E-state index contributed by atoms with van der Waals surface area (Å²) in [6.45, 7) is 4.80. The fourth-order valence-corrected chi connectivity index (χ4v) is 5.38. The normalized spacial score (nSPS) is 13.6. The molecule has 0 atom stereocenters. The van der Waals surface area contributed by atoms with Crippen molar-refractivity contribution >= 4 is 39.2 Å². The van der Waals surface area contributed by atoms with Gasteiger partial charge in [0.15, 0.2) is 5.16 Å². The average molecular weight is 444 g/mol. The molecule has 158 valence electrons. The molecular formula is C22H25N3O3S2. The van der Waals surface area contributed by atoms with Crippen molar-refractivity contribution in [2.24, 2.45) is 5.92 Å². The minimum Gasteiger partial charge on any atom is -0.497 e. The minimum atomic E-state index is -0.109. The van der Waals surface area contributed by atoms with E-state index in [-0.39, 0.29) is 17.2 Å². The maximum absolute atomic E-state index is 13.5. The lowest BCUT2D eigenvalue weighted by molar-refractivity contribution is -0.118. The first kappa shape index (κ1) is 20.9. The van der Waals surface area contributed by atoms with E-state index in [0.717, 1.165) is 28.2 Å². The second-order valence-corrected chi connectivity index (χ2v) is 9.48. The quantitative estimate of drug-likeness (QED) is 0.422. The van der Waals surface area contributed by atoms with Gasteiger partial charge >= 0.3 is 0 Å². The van der Waals surface area contributed by atoms with E-state index in [9.17, 15) is 9.59 Å². The van der Waals surface area contributed by atoms with Crippen LogP contribution in [-0.2, 0) is 11.2 Å². The third-order valence-electron chi connectivity index (χ3n) is 5.28. The maximum atomic E-state index is 13.5. The smallest absolute Gasteiger partial charge is 0.267 e. The Hall–Kier alpha value is -2.32. The van der Waals surface area contributed by atoms with E-state index < -0.39 is 0 Å². The second kappa shape index (κ2) is 8.81. The van der Waals surface area contributed by atoms with Crippen LogP contribution in [0.25, 0.3) is 15.9 Å². The number of hydrogen-bond donors (Lipinski definition) is 1. The molecule has 2 heterocycles. The van der Waals surface area contributed by atoms with Crippen molar-refractivity contribution in [3.63, 3.8) is 0 Å². The van der Waals surface area contributed by atoms with Crippen LogP contribution >= 0.6 is 23.1 Å². The summed E-state index contributed by atoms with van der Waals surface area (Å²) in [6, 6.07) is 7.36. The topological polar surface area (TPSA) is 73.2 Å². The lowest BCUT2D eigenvalue weighted by Gasteiger charge is -2.13. The number of methoxy groups -OCH3 is 1. The number of ether oxygens (including phenoxy) is 1. The SMILES string of the molecule is CCc1sc2nc(SCC(=O)NCC3CC3)n(-c3cccc(OC)c3)c(=O)c2c1C. The fourth-order valence-electron chi connectivity index (χ4n) is 3.38. The van der Waals surface area contributed by atoms with Gasteiger partial charge in [0.25, 0.3) is 5.56 Å². The van der Waals surface area contributed by atoms with Crippen LogP contribution in [0, 0.1) is 12.8 Å². The van der Waals surface area contributed by atoms with Crippen molar-refractivity contribution in [1.29, 1.82) is 0 Å². The Morgan fingerprint density at radius 3 is 2.90 bits per heavy atom. The summed E-state index contributed by atoms with van der Waals surface area (Å²) in [5.41, 5.74) is 1.56. The largest absolute Gasteiger partial charge is 0.497 e. The molecule has 4 rings (SSSR count). The predicted molar refractivity (Wildman–Crippen MR) is 122 cm³/mol. The average Bonchev–Trinajstić information content (AvgIpc) is 3.53. The van der Waals surface area contributed by atoms with Gasteiger partial charge < -0.3 is 10.1 Å². The second-order valence-electron chi connectivity index (χ2n) is 7.46. The van der Waals surface area contributed by atoms with Gasteiger partial charge in [0, 0.05) is 17.5 Å². The van der Waals surface area contributed by atoms with Crippen LogP contribution < -0.4 is 15.6 Å². The Bertz CT molecular complexity index is 1150. The van der Waals surface area contributed by atoms with Crippen molar-refractivity contribution in [3.8, 4) is 11.4 Å². The molecule has 0 unspecified atom stereocenters. The van der Waals surface area contributed by atoms with Crippen LogP contribution in [0.15, 0.2) is 34.2 Å². The molecule has 0 radical (unpaired) electrons. The number of nitrogens with one attached hydrogen (secondary N) is 1. The number of carbonyl (C=O) groups is 1. The molecule has 1 aliphatic rings. The third-order valence-corrected chi connectivity index (χ3v) is 7.55. The minimum absolute atomic E-state index is 0.0324. The van der Waals surface area contributed by atoms with Gasteiger partial charge in [-0.1, -0.05) is 24.8 Å². The van der Waals surface area contributed by atoms with Crippen molar-refractivity contribution in [2.75, 3.05) is 19.4 Å². The number of aromatic nitrogens is 2. The molecule has 0 aliphatic heterocycles. The first-order valence-corrected chi connectivity index (χ1v) is 11.9. The third kappa shape index (κ3) is 4.25. The Labute approximate surface area is 183 Å². The highest BCUT2D eigenvalue weighted by Gasteiger charge is 2.22. The summed E-state index contributed by atoms with van der Waals surface area (Å²) in [6.07, 6.45) is 3.24. The van der Waals surface area contributed by atoms with E-state index in [4.69, 9.17) is 9.72 Å². The van der Waals surface area contributed by atoms with Gasteiger partial charge in [0.1, 0.15) is 10.6 Å². The summed E-state index contributed by atoms with van der Waals surface area (Å²) in [4.78, 5) is 32.5. The Kier molecular flexibility index (Phi) is 6.15. The molecule has 2 aromatic heterocycles. The van der Waals surface area contributed by atoms with E-state index in [0.29, 0.717) is 27.9 Å². The maximum Gasteiger partial charge on any atom is 0.267 e. The number of thioether (sulfide) groups is 1. The summed E-state index contributed by atoms with van der Waals surface area (Å²) in [5.74, 6) is 1.48. The molecule has 8 heteroatoms. The number of thiophene rings is 1. The first-order valence-electron chi connectivity index (χ1n) is 10.1. The molecular weight excluding hydrogens is 418 g/mol. The van der Waals surface area contributed by atoms with Crippen LogP contribution in [-0.4, -0.2) is 34.9 Å². The molecule has 1 fully saturated rings. The van der Waals surface area contributed by atoms with Gasteiger partial charge in [-0.25, -0.2) is 4.98 Å². The van der Waals surface area contributed by atoms with Crippen molar-refractivity contribution in [2.45, 2.75) is 38.3 Å². The lowest BCUT2D eigenvalue weighted by atomic mass is 10.2. The van der Waals surface area contributed by atoms with Crippen molar-refractivity contribution in [1.82, 2.24) is 14.9 Å². The van der Waals surface area contributed by atoms with E-state index in [1.165, 1.54) is 24.6 Å². The number of carbonyl (C=O) groups excluding carboxylic acids is 1. The van der Waals surface area contributed by atoms with Crippen LogP contribution in [0.4, 0.5) is 0 Å². The van der Waals surface area contributed by atoms with Gasteiger partial charge in [0.05, 0.1) is 23.9 Å². The molecule has 6 nitrogen and oxygen atoms in total. The number of rotatable bonds is 8. The number of amides is 1. The zero-order valence-electron chi connectivity index (χ0n) is 17.4. The lowest BCUT2D eigenvalue weighted by Crippen LogP contribution is -2.28. The highest BCUT2D eigenvalue weighted by atomic mass is 32.2. The van der Waals surface area contributed by atoms with Gasteiger partial charge in [0.2, 0.25) is 5.91 Å². The standard InChI is InChI=1S/C22H25N3O3S2/c1-4-17-13(2)19-20(30-17)24-22(29-12-18(26)23-11-14-8-9-14)25(21(19)27)15-6-5-7-16(10-15)28-3/h5-7,10,14H,4,8-9,11-12H2,1-3H3,(H,23,26). The Morgan fingerprint density at radius 1 is 1.40 bits per heavy atom. The van der Waals surface area contributed by atoms with Crippen LogP contribution in [0.2, 0.25) is 0 Å². The van der Waals surface area contributed by atoms with Crippen LogP contribution in [0.5, 0.6) is 5.75 Å². The summed E-state index contributed by atoms with van der Waals surface area (Å²) < 4.78 is 6.94. The molecule has 30 heavy (non-hydrogen) atoms. The van der Waals surface area contributed by atoms with Gasteiger partial charge in [-0.15, -0.1) is 11.3 Å². The van der Waals surface area contributed by atoms with E-state index in [1.807, 2.05) is 31.2 Å². The van der Waals surface area contributed by atoms with Crippen molar-refractivity contribution in [3.05, 3.63) is 45.1 Å². The fraction of sp³-hybridized carbons (Fsp3) is 0.409. The van der Waals surface area contributed by atoms with Crippen LogP contribution in [0.1, 0.15) is 30.2 Å². The Morgan fingerprint density at radius 2 is 2.20 bits per heavy atom. The Balaban J connectivity index is 1.75. The monoisotopic (exact) mass is 443 g/mol. The number of fused-ring (bicyclic) bond motifs is 1. The molecule has 1 aliphatic carbocycles. The van der Waals surface area contributed by atoms with Crippen molar-refractivity contribution < 1.29 is 9.53 Å². The number of hydrogen-bond acceptors (Lipinski definition) is 6. The first-order chi connectivity index (χ1) is 14.5. The van der Waals surface area contributed by atoms with E-state index in [2.05, 4.69) is 12.2 Å². The van der Waals surface area contributed by atoms with Gasteiger partial charge in [-0.05, 0) is 49.8 Å². The molecule has 3 aromatic rings. The molecule has 1 aromatic carbocycles. The number of nitrogens with zero attached hydrogens (tertiary/aromatic N) is 2. The van der Waals surface area contributed by atoms with Gasteiger partial charge in [-0.3, -0.25) is 14.2 Å². The summed E-state index contributed by atoms with van der Waals surface area (Å²) in [7, 11) is 1.60. The zero-order chi connectivity index (χ0) is 21.3. The number of benzene rings is 1. The zero-order valence-corrected chi connectivity index (χ0v) is 19.0. The summed E-state index contributed by atoms with van der Waals surface area (Å²) >= 11 is 2.85. The number of aryl methyl sites for hydroxylation is 2. The van der Waals surface area contributed by atoms with E-state index >= 15 is 0 Å². The van der Waals surface area contributed by atoms with Crippen LogP contribution in [0.3, 0.4) is 0 Å². The molecule has 1 saturated carbocycles. The summed E-state index contributed by atoms with van der Waals surface area (Å²) in [5, 5.41) is 4.15. The molecule has 1 amide bonds. The molecule has 0 spiro atoms. The highest BCUT2D eigenvalue weighted by Crippen LogP contribution is 2.31. The molecule has 0 saturated heterocycles. The predicted octanol–water partition coefficient (Wildman–Crippen LogP) is 3.94.